The van der Waals surface area contributed by atoms with E-state index in [1.54, 1.807) is 0 Å². The summed E-state index contributed by atoms with van der Waals surface area (Å²) in [5.41, 5.74) is -0.437. The normalized spacial score (nSPS) is 15.8. The van der Waals surface area contributed by atoms with Gasteiger partial charge < -0.3 is 9.84 Å². The number of hydrogen-bond donors (Lipinski definition) is 1. The molecule has 0 spiro atoms. The molecule has 4 heteroatoms. The molecule has 0 saturated heterocycles. The number of hydrogen-bond acceptors (Lipinski definition) is 3. The lowest BCUT2D eigenvalue weighted by Crippen LogP contribution is -2.48. The lowest BCUT2D eigenvalue weighted by Gasteiger charge is -2.46. The molecule has 0 heterocycles. The van der Waals surface area contributed by atoms with Crippen molar-refractivity contribution in [1.29, 1.82) is 0 Å². The first kappa shape index (κ1) is 36.9. The number of aliphatic carboxylic acids is 1. The molecule has 0 aromatic carbocycles. The van der Waals surface area contributed by atoms with Crippen molar-refractivity contribution in [2.45, 2.75) is 165 Å². The maximum absolute atomic E-state index is 14.3. The number of carbonyl (C=O) groups excluding carboxylic acids is 1. The quantitative estimate of drug-likeness (QED) is 0.0927. The maximum Gasteiger partial charge on any atom is 0.312 e. The van der Waals surface area contributed by atoms with E-state index in [2.05, 4.69) is 55.4 Å². The number of carboxylic acid groups (broad SMARTS) is 1. The summed E-state index contributed by atoms with van der Waals surface area (Å²) in [6.07, 6.45) is 17.9. The van der Waals surface area contributed by atoms with E-state index in [9.17, 15) is 9.59 Å². The Balaban J connectivity index is 5.71. The minimum atomic E-state index is -0.693. The molecule has 4 atom stereocenters. The lowest BCUT2D eigenvalue weighted by atomic mass is 9.58. The summed E-state index contributed by atoms with van der Waals surface area (Å²) < 4.78 is 6.30. The molecule has 0 aliphatic carbocycles. The van der Waals surface area contributed by atoms with Crippen molar-refractivity contribution in [3.05, 3.63) is 0 Å². The summed E-state index contributed by atoms with van der Waals surface area (Å²) in [6.45, 7) is 18.7. The van der Waals surface area contributed by atoms with E-state index in [0.29, 0.717) is 30.3 Å². The van der Waals surface area contributed by atoms with Gasteiger partial charge in [0.25, 0.3) is 0 Å². The first-order valence-corrected chi connectivity index (χ1v) is 16.5. The lowest BCUT2D eigenvalue weighted by molar-refractivity contribution is -0.170. The van der Waals surface area contributed by atoms with Gasteiger partial charge in [0.2, 0.25) is 0 Å². The predicted octanol–water partition coefficient (Wildman–Crippen LogP) is 10.5. The van der Waals surface area contributed by atoms with Crippen molar-refractivity contribution in [2.75, 3.05) is 6.61 Å². The van der Waals surface area contributed by atoms with Gasteiger partial charge in [0, 0.05) is 6.42 Å². The van der Waals surface area contributed by atoms with Crippen LogP contribution in [0.5, 0.6) is 0 Å². The standard InChI is InChI=1S/C34H66O4/c1-9-13-21-29(11-3)25-34(28(7)8,33(37)38-26-30(12-4)22-14-10-2)31(27(5)6)23-19-17-15-16-18-20-24-32(35)36/h27-31H,9-26H2,1-8H3,(H,35,36). The molecule has 0 aromatic heterocycles. The third-order valence-electron chi connectivity index (χ3n) is 9.20. The average Bonchev–Trinajstić information content (AvgIpc) is 2.88. The number of carbonyl (C=O) groups is 2. The van der Waals surface area contributed by atoms with Gasteiger partial charge in [-0.1, -0.05) is 132 Å². The van der Waals surface area contributed by atoms with E-state index in [1.807, 2.05) is 0 Å². The van der Waals surface area contributed by atoms with Gasteiger partial charge in [0.05, 0.1) is 12.0 Å². The smallest absolute Gasteiger partial charge is 0.312 e. The fraction of sp³-hybridized carbons (Fsp3) is 0.941. The Kier molecular flexibility index (Phi) is 21.1. The van der Waals surface area contributed by atoms with E-state index in [0.717, 1.165) is 70.6 Å². The van der Waals surface area contributed by atoms with Gasteiger partial charge in [-0.3, -0.25) is 9.59 Å². The molecule has 0 radical (unpaired) electrons. The second-order valence-corrected chi connectivity index (χ2v) is 12.7. The molecule has 0 amide bonds. The van der Waals surface area contributed by atoms with Crippen LogP contribution in [0, 0.1) is 35.0 Å². The Bertz CT molecular complexity index is 599. The highest BCUT2D eigenvalue weighted by Crippen LogP contribution is 2.49. The van der Waals surface area contributed by atoms with Gasteiger partial charge in [-0.2, -0.15) is 0 Å². The molecule has 0 fully saturated rings. The van der Waals surface area contributed by atoms with Gasteiger partial charge in [0.15, 0.2) is 0 Å². The highest BCUT2D eigenvalue weighted by molar-refractivity contribution is 5.77. The minimum Gasteiger partial charge on any atom is -0.481 e. The van der Waals surface area contributed by atoms with Gasteiger partial charge >= 0.3 is 11.9 Å². The Morgan fingerprint density at radius 1 is 0.711 bits per heavy atom. The Morgan fingerprint density at radius 3 is 1.71 bits per heavy atom. The van der Waals surface area contributed by atoms with Crippen molar-refractivity contribution >= 4 is 11.9 Å². The van der Waals surface area contributed by atoms with Crippen LogP contribution in [0.3, 0.4) is 0 Å². The molecule has 0 aliphatic heterocycles. The molecule has 38 heavy (non-hydrogen) atoms. The number of unbranched alkanes of at least 4 members (excludes halogenated alkanes) is 7. The van der Waals surface area contributed by atoms with Gasteiger partial charge in [-0.15, -0.1) is 0 Å². The van der Waals surface area contributed by atoms with Crippen molar-refractivity contribution in [3.8, 4) is 0 Å². The fourth-order valence-corrected chi connectivity index (χ4v) is 6.47. The number of carboxylic acids is 1. The zero-order valence-electron chi connectivity index (χ0n) is 26.8. The molecular formula is C34H66O4. The zero-order chi connectivity index (χ0) is 29.0. The molecule has 0 rings (SSSR count). The molecule has 0 saturated carbocycles. The number of esters is 1. The van der Waals surface area contributed by atoms with Crippen LogP contribution in [-0.4, -0.2) is 23.7 Å². The van der Waals surface area contributed by atoms with Crippen LogP contribution in [0.15, 0.2) is 0 Å². The van der Waals surface area contributed by atoms with Crippen LogP contribution in [0.1, 0.15) is 165 Å². The van der Waals surface area contributed by atoms with E-state index >= 15 is 0 Å². The first-order valence-electron chi connectivity index (χ1n) is 16.5. The molecule has 0 aliphatic rings. The second kappa shape index (κ2) is 21.7. The van der Waals surface area contributed by atoms with E-state index in [-0.39, 0.29) is 18.3 Å². The topological polar surface area (TPSA) is 63.6 Å². The van der Waals surface area contributed by atoms with Crippen LogP contribution >= 0.6 is 0 Å². The minimum absolute atomic E-state index is 0.0739. The van der Waals surface area contributed by atoms with Crippen molar-refractivity contribution < 1.29 is 19.4 Å². The molecule has 4 unspecified atom stereocenters. The molecule has 4 nitrogen and oxygen atoms in total. The molecule has 226 valence electrons. The van der Waals surface area contributed by atoms with Crippen LogP contribution < -0.4 is 0 Å². The Morgan fingerprint density at radius 2 is 1.24 bits per heavy atom. The number of ether oxygens (including phenoxy) is 1. The molecule has 1 N–H and O–H groups in total. The van der Waals surface area contributed by atoms with Gasteiger partial charge in [-0.25, -0.2) is 0 Å². The monoisotopic (exact) mass is 538 g/mol. The van der Waals surface area contributed by atoms with Gasteiger partial charge in [0.1, 0.15) is 0 Å². The first-order chi connectivity index (χ1) is 18.1. The van der Waals surface area contributed by atoms with E-state index in [4.69, 9.17) is 9.84 Å². The third-order valence-corrected chi connectivity index (χ3v) is 9.20. The summed E-state index contributed by atoms with van der Waals surface area (Å²) in [7, 11) is 0. The summed E-state index contributed by atoms with van der Waals surface area (Å²) in [4.78, 5) is 25.0. The number of rotatable bonds is 25. The summed E-state index contributed by atoms with van der Waals surface area (Å²) >= 11 is 0. The Labute approximate surface area is 237 Å². The summed E-state index contributed by atoms with van der Waals surface area (Å²) in [6, 6.07) is 0. The highest BCUT2D eigenvalue weighted by Gasteiger charge is 2.50. The molecule has 0 aromatic rings. The molecule has 0 bridgehead atoms. The third kappa shape index (κ3) is 13.8. The second-order valence-electron chi connectivity index (χ2n) is 12.7. The van der Waals surface area contributed by atoms with Crippen LogP contribution in [0.25, 0.3) is 0 Å². The van der Waals surface area contributed by atoms with Crippen molar-refractivity contribution in [1.82, 2.24) is 0 Å². The highest BCUT2D eigenvalue weighted by atomic mass is 16.5. The van der Waals surface area contributed by atoms with Crippen LogP contribution in [0.4, 0.5) is 0 Å². The fourth-order valence-electron chi connectivity index (χ4n) is 6.47. The summed E-state index contributed by atoms with van der Waals surface area (Å²) in [5.74, 6) is 1.38. The Hall–Kier alpha value is -1.06. The molecular weight excluding hydrogens is 472 g/mol. The zero-order valence-corrected chi connectivity index (χ0v) is 26.8. The maximum atomic E-state index is 14.3. The average molecular weight is 539 g/mol. The van der Waals surface area contributed by atoms with Crippen LogP contribution in [-0.2, 0) is 14.3 Å². The predicted molar refractivity (Wildman–Crippen MR) is 162 cm³/mol. The SMILES string of the molecule is CCCCC(CC)COC(=O)C(CC(CC)CCCC)(C(C)C)C(CCCCCCCCC(=O)O)C(C)C. The van der Waals surface area contributed by atoms with Crippen LogP contribution in [0.2, 0.25) is 0 Å². The van der Waals surface area contributed by atoms with Crippen molar-refractivity contribution in [2.24, 2.45) is 35.0 Å². The van der Waals surface area contributed by atoms with Crippen molar-refractivity contribution in [3.63, 3.8) is 0 Å². The largest absolute Gasteiger partial charge is 0.481 e. The van der Waals surface area contributed by atoms with Gasteiger partial charge in [-0.05, 0) is 55.3 Å². The van der Waals surface area contributed by atoms with E-state index in [1.165, 1.54) is 32.1 Å². The van der Waals surface area contributed by atoms with E-state index < -0.39 is 11.4 Å². The summed E-state index contributed by atoms with van der Waals surface area (Å²) in [5, 5.41) is 8.84.